The number of aromatic nitrogens is 7. The van der Waals surface area contributed by atoms with Gasteiger partial charge in [-0.1, -0.05) is 6.07 Å². The highest BCUT2D eigenvalue weighted by atomic mass is 19.3. The largest absolute Gasteiger partial charge is 0.383 e. The van der Waals surface area contributed by atoms with E-state index in [1.807, 2.05) is 24.3 Å². The molecular weight excluding hydrogens is 416 g/mol. The van der Waals surface area contributed by atoms with Crippen LogP contribution in [0.4, 0.5) is 14.6 Å². The third kappa shape index (κ3) is 2.82. The average molecular weight is 433 g/mol. The van der Waals surface area contributed by atoms with Gasteiger partial charge in [-0.15, -0.1) is 0 Å². The molecule has 6 heterocycles. The first-order chi connectivity index (χ1) is 15.5. The van der Waals surface area contributed by atoms with E-state index in [0.29, 0.717) is 28.3 Å². The molecule has 1 aliphatic heterocycles. The zero-order chi connectivity index (χ0) is 21.9. The zero-order valence-corrected chi connectivity index (χ0v) is 16.7. The molecule has 1 atom stereocenters. The molecule has 0 bridgehead atoms. The van der Waals surface area contributed by atoms with E-state index in [4.69, 9.17) is 10.8 Å². The molecule has 32 heavy (non-hydrogen) atoms. The van der Waals surface area contributed by atoms with Gasteiger partial charge >= 0.3 is 0 Å². The van der Waals surface area contributed by atoms with Crippen molar-refractivity contribution >= 4 is 17.0 Å². The summed E-state index contributed by atoms with van der Waals surface area (Å²) >= 11 is 0. The third-order valence-electron chi connectivity index (χ3n) is 5.76. The quantitative estimate of drug-likeness (QED) is 0.449. The summed E-state index contributed by atoms with van der Waals surface area (Å²) in [7, 11) is 0. The van der Waals surface area contributed by atoms with Gasteiger partial charge in [0, 0.05) is 23.9 Å². The van der Waals surface area contributed by atoms with Crippen molar-refractivity contribution in [3.8, 4) is 22.6 Å². The molecule has 11 heteroatoms. The van der Waals surface area contributed by atoms with Gasteiger partial charge in [0.15, 0.2) is 5.65 Å². The molecule has 5 aromatic rings. The zero-order valence-electron chi connectivity index (χ0n) is 16.7. The van der Waals surface area contributed by atoms with Crippen LogP contribution in [-0.4, -0.2) is 53.4 Å². The van der Waals surface area contributed by atoms with Gasteiger partial charge in [0.05, 0.1) is 41.8 Å². The topological polar surface area (TPSA) is 111 Å². The molecule has 0 radical (unpaired) electrons. The standard InChI is InChI=1S/C21H17F2N9/c22-21(23)11-25-9-14(21)12-3-4-16(29-20(12)24)18-10-26-19-6-5-15(30-31(18)19)13-8-28-32-17(13)2-1-7-27-32/h1-8,10,14,25H,9,11H2,(H2,24,29). The van der Waals surface area contributed by atoms with Crippen LogP contribution in [0.3, 0.4) is 0 Å². The van der Waals surface area contributed by atoms with Crippen LogP contribution < -0.4 is 11.1 Å². The van der Waals surface area contributed by atoms with E-state index >= 15 is 0 Å². The predicted molar refractivity (Wildman–Crippen MR) is 113 cm³/mol. The lowest BCUT2D eigenvalue weighted by atomic mass is 9.95. The molecule has 0 spiro atoms. The summed E-state index contributed by atoms with van der Waals surface area (Å²) in [6.07, 6.45) is 5.00. The first-order valence-electron chi connectivity index (χ1n) is 10.0. The normalized spacial score (nSPS) is 18.0. The van der Waals surface area contributed by atoms with Gasteiger partial charge < -0.3 is 11.1 Å². The molecule has 9 nitrogen and oxygen atoms in total. The van der Waals surface area contributed by atoms with E-state index < -0.39 is 11.8 Å². The highest BCUT2D eigenvalue weighted by Gasteiger charge is 2.45. The van der Waals surface area contributed by atoms with Crippen molar-refractivity contribution in [2.75, 3.05) is 18.8 Å². The first-order valence-corrected chi connectivity index (χ1v) is 10.0. The van der Waals surface area contributed by atoms with Crippen molar-refractivity contribution < 1.29 is 8.78 Å². The highest BCUT2D eigenvalue weighted by Crippen LogP contribution is 2.39. The molecule has 5 aromatic heterocycles. The number of fused-ring (bicyclic) bond motifs is 2. The van der Waals surface area contributed by atoms with E-state index in [9.17, 15) is 8.78 Å². The Bertz CT molecular complexity index is 1470. The molecule has 1 fully saturated rings. The number of imidazole rings is 1. The van der Waals surface area contributed by atoms with Crippen LogP contribution in [0, 0.1) is 0 Å². The molecule has 6 rings (SSSR count). The van der Waals surface area contributed by atoms with Crippen molar-refractivity contribution in [2.24, 2.45) is 0 Å². The van der Waals surface area contributed by atoms with Gasteiger partial charge in [0.25, 0.3) is 5.92 Å². The number of rotatable bonds is 3. The molecule has 1 saturated heterocycles. The van der Waals surface area contributed by atoms with Crippen molar-refractivity contribution in [1.29, 1.82) is 0 Å². The summed E-state index contributed by atoms with van der Waals surface area (Å²) in [5, 5.41) is 15.9. The summed E-state index contributed by atoms with van der Waals surface area (Å²) in [5.74, 6) is -3.78. The molecule has 0 saturated carbocycles. The van der Waals surface area contributed by atoms with Crippen LogP contribution in [0.15, 0.2) is 55.0 Å². The molecule has 3 N–H and O–H groups in total. The molecular formula is C21H17F2N9. The van der Waals surface area contributed by atoms with Crippen LogP contribution in [0.2, 0.25) is 0 Å². The number of pyridine rings is 1. The Morgan fingerprint density at radius 3 is 2.75 bits per heavy atom. The molecule has 0 aliphatic carbocycles. The SMILES string of the molecule is Nc1nc(-c2cnc3ccc(-c4cnn5ncccc45)nn23)ccc1C1CNCC1(F)F. The minimum absolute atomic E-state index is 0.0793. The van der Waals surface area contributed by atoms with Crippen LogP contribution in [0.1, 0.15) is 11.5 Å². The van der Waals surface area contributed by atoms with E-state index in [1.54, 1.807) is 35.2 Å². The van der Waals surface area contributed by atoms with Crippen molar-refractivity contribution in [2.45, 2.75) is 11.8 Å². The summed E-state index contributed by atoms with van der Waals surface area (Å²) < 4.78 is 31.5. The minimum atomic E-state index is -2.86. The minimum Gasteiger partial charge on any atom is -0.383 e. The fourth-order valence-electron chi connectivity index (χ4n) is 4.14. The van der Waals surface area contributed by atoms with Gasteiger partial charge in [-0.05, 0) is 30.3 Å². The number of hydrogen-bond donors (Lipinski definition) is 2. The lowest BCUT2D eigenvalue weighted by Crippen LogP contribution is -2.26. The average Bonchev–Trinajstić information content (AvgIpc) is 3.49. The number of nitrogens with one attached hydrogen (secondary N) is 1. The fraction of sp³-hybridized carbons (Fsp3) is 0.190. The fourth-order valence-corrected chi connectivity index (χ4v) is 4.14. The number of anilines is 1. The predicted octanol–water partition coefficient (Wildman–Crippen LogP) is 2.41. The summed E-state index contributed by atoms with van der Waals surface area (Å²) in [6, 6.07) is 10.7. The lowest BCUT2D eigenvalue weighted by Gasteiger charge is -2.19. The second-order valence-corrected chi connectivity index (χ2v) is 7.70. The summed E-state index contributed by atoms with van der Waals surface area (Å²) in [5.41, 5.74) is 10.5. The Labute approximate surface area is 179 Å². The summed E-state index contributed by atoms with van der Waals surface area (Å²) in [6.45, 7) is -0.203. The van der Waals surface area contributed by atoms with Crippen molar-refractivity contribution in [1.82, 2.24) is 39.7 Å². The lowest BCUT2D eigenvalue weighted by molar-refractivity contribution is 0.00588. The van der Waals surface area contributed by atoms with E-state index in [-0.39, 0.29) is 18.9 Å². The number of nitrogens with two attached hydrogens (primary N) is 1. The molecule has 0 amide bonds. The Morgan fingerprint density at radius 2 is 1.94 bits per heavy atom. The van der Waals surface area contributed by atoms with E-state index in [2.05, 4.69) is 25.5 Å². The van der Waals surface area contributed by atoms with Gasteiger partial charge in [0.1, 0.15) is 11.5 Å². The Kier molecular flexibility index (Phi) is 3.96. The first kappa shape index (κ1) is 18.8. The van der Waals surface area contributed by atoms with Gasteiger partial charge in [-0.3, -0.25) is 0 Å². The second-order valence-electron chi connectivity index (χ2n) is 7.70. The number of alkyl halides is 2. The smallest absolute Gasteiger partial charge is 0.268 e. The maximum atomic E-state index is 14.2. The molecule has 0 aromatic carbocycles. The van der Waals surface area contributed by atoms with Crippen molar-refractivity contribution in [3.63, 3.8) is 0 Å². The molecule has 1 unspecified atom stereocenters. The van der Waals surface area contributed by atoms with Gasteiger partial charge in [-0.2, -0.15) is 19.9 Å². The Morgan fingerprint density at radius 1 is 1.06 bits per heavy atom. The Balaban J connectivity index is 1.43. The van der Waals surface area contributed by atoms with Crippen LogP contribution in [0.25, 0.3) is 33.8 Å². The summed E-state index contributed by atoms with van der Waals surface area (Å²) in [4.78, 5) is 8.80. The van der Waals surface area contributed by atoms with Crippen LogP contribution >= 0.6 is 0 Å². The van der Waals surface area contributed by atoms with Crippen LogP contribution in [0.5, 0.6) is 0 Å². The molecule has 1 aliphatic rings. The van der Waals surface area contributed by atoms with E-state index in [0.717, 1.165) is 11.1 Å². The number of nitrogens with zero attached hydrogens (tertiary/aromatic N) is 7. The van der Waals surface area contributed by atoms with Gasteiger partial charge in [0.2, 0.25) is 0 Å². The van der Waals surface area contributed by atoms with Gasteiger partial charge in [-0.25, -0.2) is 23.3 Å². The number of nitrogen functional groups attached to an aromatic ring is 1. The highest BCUT2D eigenvalue weighted by molar-refractivity contribution is 5.77. The molecule has 160 valence electrons. The monoisotopic (exact) mass is 433 g/mol. The van der Waals surface area contributed by atoms with E-state index in [1.165, 1.54) is 4.63 Å². The maximum absolute atomic E-state index is 14.2. The third-order valence-corrected chi connectivity index (χ3v) is 5.76. The van der Waals surface area contributed by atoms with Crippen molar-refractivity contribution in [3.05, 3.63) is 60.6 Å². The Hall–Kier alpha value is -3.99. The maximum Gasteiger partial charge on any atom is 0.268 e. The van der Waals surface area contributed by atoms with Crippen LogP contribution in [-0.2, 0) is 0 Å². The number of halogens is 2. The second kappa shape index (κ2) is 6.76. The number of hydrogen-bond acceptors (Lipinski definition) is 7.